The van der Waals surface area contributed by atoms with Crippen molar-refractivity contribution in [3.63, 3.8) is 0 Å². The first-order valence-electron chi connectivity index (χ1n) is 5.08. The number of hydrogen-bond acceptors (Lipinski definition) is 5. The Morgan fingerprint density at radius 3 is 2.93 bits per heavy atom. The normalized spacial score (nSPS) is 20.1. The van der Waals surface area contributed by atoms with Gasteiger partial charge in [0, 0.05) is 19.0 Å². The standard InChI is InChI=1S/C9H16N4O/c10-8-1-4-13(5-2-8)6-3-9-11-7-12-14-9/h7-8H,1-6,10H2. The van der Waals surface area contributed by atoms with Crippen molar-refractivity contribution in [2.45, 2.75) is 25.3 Å². The molecule has 14 heavy (non-hydrogen) atoms. The Morgan fingerprint density at radius 2 is 2.29 bits per heavy atom. The molecule has 0 amide bonds. The second-order valence-electron chi connectivity index (χ2n) is 3.76. The summed E-state index contributed by atoms with van der Waals surface area (Å²) in [5.74, 6) is 0.722. The van der Waals surface area contributed by atoms with Crippen molar-refractivity contribution in [3.8, 4) is 0 Å². The fourth-order valence-electron chi connectivity index (χ4n) is 1.74. The molecule has 78 valence electrons. The summed E-state index contributed by atoms with van der Waals surface area (Å²) >= 11 is 0. The van der Waals surface area contributed by atoms with E-state index in [-0.39, 0.29) is 0 Å². The van der Waals surface area contributed by atoms with Gasteiger partial charge in [0.1, 0.15) is 0 Å². The summed E-state index contributed by atoms with van der Waals surface area (Å²) in [5.41, 5.74) is 5.82. The average molecular weight is 196 g/mol. The van der Waals surface area contributed by atoms with E-state index in [1.165, 1.54) is 6.33 Å². The quantitative estimate of drug-likeness (QED) is 0.739. The molecule has 2 N–H and O–H groups in total. The largest absolute Gasteiger partial charge is 0.340 e. The first-order valence-corrected chi connectivity index (χ1v) is 5.08. The molecule has 0 spiro atoms. The van der Waals surface area contributed by atoms with Crippen LogP contribution in [-0.2, 0) is 6.42 Å². The smallest absolute Gasteiger partial charge is 0.227 e. The molecule has 2 heterocycles. The van der Waals surface area contributed by atoms with Crippen LogP contribution in [0.25, 0.3) is 0 Å². The van der Waals surface area contributed by atoms with Crippen LogP contribution in [0.5, 0.6) is 0 Å². The predicted octanol–water partition coefficient (Wildman–Crippen LogP) is 0.0352. The molecular formula is C9H16N4O. The minimum absolute atomic E-state index is 0.398. The van der Waals surface area contributed by atoms with Gasteiger partial charge in [-0.15, -0.1) is 0 Å². The van der Waals surface area contributed by atoms with Gasteiger partial charge < -0.3 is 15.2 Å². The molecule has 1 fully saturated rings. The third-order valence-electron chi connectivity index (χ3n) is 2.68. The molecule has 0 radical (unpaired) electrons. The summed E-state index contributed by atoms with van der Waals surface area (Å²) in [6.45, 7) is 3.18. The highest BCUT2D eigenvalue weighted by atomic mass is 16.5. The minimum atomic E-state index is 0.398. The second-order valence-corrected chi connectivity index (χ2v) is 3.76. The zero-order chi connectivity index (χ0) is 9.80. The molecule has 1 aliphatic heterocycles. The molecule has 1 aromatic heterocycles. The molecule has 2 rings (SSSR count). The van der Waals surface area contributed by atoms with Gasteiger partial charge in [0.2, 0.25) is 5.89 Å². The number of likely N-dealkylation sites (tertiary alicyclic amines) is 1. The van der Waals surface area contributed by atoms with E-state index in [1.807, 2.05) is 0 Å². The molecule has 5 heteroatoms. The Kier molecular flexibility index (Phi) is 3.10. The van der Waals surface area contributed by atoms with E-state index in [1.54, 1.807) is 0 Å². The van der Waals surface area contributed by atoms with Crippen molar-refractivity contribution in [1.29, 1.82) is 0 Å². The summed E-state index contributed by atoms with van der Waals surface area (Å²) in [6.07, 6.45) is 4.49. The van der Waals surface area contributed by atoms with Gasteiger partial charge in [-0.05, 0) is 25.9 Å². The Balaban J connectivity index is 1.71. The molecule has 0 aliphatic carbocycles. The first kappa shape index (κ1) is 9.61. The van der Waals surface area contributed by atoms with E-state index in [0.717, 1.165) is 44.8 Å². The lowest BCUT2D eigenvalue weighted by atomic mass is 10.1. The van der Waals surface area contributed by atoms with Crippen LogP contribution in [0.15, 0.2) is 10.9 Å². The topological polar surface area (TPSA) is 68.2 Å². The predicted molar refractivity (Wildman–Crippen MR) is 51.7 cm³/mol. The molecule has 0 atom stereocenters. The van der Waals surface area contributed by atoms with E-state index in [0.29, 0.717) is 6.04 Å². The molecule has 1 saturated heterocycles. The monoisotopic (exact) mass is 196 g/mol. The SMILES string of the molecule is NC1CCN(CCc2ncno2)CC1. The fraction of sp³-hybridized carbons (Fsp3) is 0.778. The summed E-state index contributed by atoms with van der Waals surface area (Å²) in [6, 6.07) is 0.398. The molecule has 1 aromatic rings. The van der Waals surface area contributed by atoms with Crippen LogP contribution in [0.3, 0.4) is 0 Å². The highest BCUT2D eigenvalue weighted by molar-refractivity contribution is 4.79. The van der Waals surface area contributed by atoms with Crippen LogP contribution < -0.4 is 5.73 Å². The van der Waals surface area contributed by atoms with E-state index in [2.05, 4.69) is 15.0 Å². The number of hydrogen-bond donors (Lipinski definition) is 1. The minimum Gasteiger partial charge on any atom is -0.340 e. The first-order chi connectivity index (χ1) is 6.84. The third kappa shape index (κ3) is 2.52. The Morgan fingerprint density at radius 1 is 1.50 bits per heavy atom. The van der Waals surface area contributed by atoms with Crippen LogP contribution in [0.2, 0.25) is 0 Å². The van der Waals surface area contributed by atoms with Crippen molar-refractivity contribution < 1.29 is 4.52 Å². The van der Waals surface area contributed by atoms with Gasteiger partial charge in [-0.2, -0.15) is 4.98 Å². The number of piperidine rings is 1. The Hall–Kier alpha value is -0.940. The van der Waals surface area contributed by atoms with E-state index in [9.17, 15) is 0 Å². The maximum absolute atomic E-state index is 5.82. The Bertz CT molecular complexity index is 254. The van der Waals surface area contributed by atoms with E-state index >= 15 is 0 Å². The van der Waals surface area contributed by atoms with E-state index in [4.69, 9.17) is 10.3 Å². The summed E-state index contributed by atoms with van der Waals surface area (Å²) in [5, 5.41) is 3.57. The van der Waals surface area contributed by atoms with Gasteiger partial charge in [0.15, 0.2) is 6.33 Å². The number of rotatable bonds is 3. The van der Waals surface area contributed by atoms with Crippen molar-refractivity contribution in [2.75, 3.05) is 19.6 Å². The van der Waals surface area contributed by atoms with Crippen LogP contribution in [0.1, 0.15) is 18.7 Å². The van der Waals surface area contributed by atoms with Crippen molar-refractivity contribution >= 4 is 0 Å². The summed E-state index contributed by atoms with van der Waals surface area (Å²) < 4.78 is 4.93. The van der Waals surface area contributed by atoms with Crippen molar-refractivity contribution in [1.82, 2.24) is 15.0 Å². The molecule has 0 bridgehead atoms. The molecular weight excluding hydrogens is 180 g/mol. The number of aromatic nitrogens is 2. The molecule has 0 aromatic carbocycles. The fourth-order valence-corrected chi connectivity index (χ4v) is 1.74. The lowest BCUT2D eigenvalue weighted by Gasteiger charge is -2.29. The van der Waals surface area contributed by atoms with Crippen LogP contribution in [0, 0.1) is 0 Å². The number of nitrogens with zero attached hydrogens (tertiary/aromatic N) is 3. The molecule has 5 nitrogen and oxygen atoms in total. The van der Waals surface area contributed by atoms with Crippen LogP contribution in [0.4, 0.5) is 0 Å². The van der Waals surface area contributed by atoms with Crippen molar-refractivity contribution in [2.24, 2.45) is 5.73 Å². The lowest BCUT2D eigenvalue weighted by Crippen LogP contribution is -2.40. The number of nitrogens with two attached hydrogens (primary N) is 1. The van der Waals surface area contributed by atoms with E-state index < -0.39 is 0 Å². The maximum Gasteiger partial charge on any atom is 0.227 e. The average Bonchev–Trinajstić information content (AvgIpc) is 2.70. The van der Waals surface area contributed by atoms with Crippen LogP contribution >= 0.6 is 0 Å². The Labute approximate surface area is 83.3 Å². The van der Waals surface area contributed by atoms with Crippen LogP contribution in [-0.4, -0.2) is 40.7 Å². The van der Waals surface area contributed by atoms with Gasteiger partial charge >= 0.3 is 0 Å². The molecule has 0 saturated carbocycles. The zero-order valence-electron chi connectivity index (χ0n) is 8.22. The maximum atomic E-state index is 5.82. The lowest BCUT2D eigenvalue weighted by molar-refractivity contribution is 0.208. The highest BCUT2D eigenvalue weighted by Crippen LogP contribution is 2.08. The molecule has 1 aliphatic rings. The highest BCUT2D eigenvalue weighted by Gasteiger charge is 2.15. The van der Waals surface area contributed by atoms with Gasteiger partial charge in [-0.1, -0.05) is 5.16 Å². The second kappa shape index (κ2) is 4.52. The zero-order valence-corrected chi connectivity index (χ0v) is 8.22. The van der Waals surface area contributed by atoms with Gasteiger partial charge in [-0.25, -0.2) is 0 Å². The summed E-state index contributed by atoms with van der Waals surface area (Å²) in [4.78, 5) is 6.38. The third-order valence-corrected chi connectivity index (χ3v) is 2.68. The van der Waals surface area contributed by atoms with Crippen molar-refractivity contribution in [3.05, 3.63) is 12.2 Å². The van der Waals surface area contributed by atoms with Gasteiger partial charge in [0.05, 0.1) is 0 Å². The summed E-state index contributed by atoms with van der Waals surface area (Å²) in [7, 11) is 0. The van der Waals surface area contributed by atoms with Gasteiger partial charge in [0.25, 0.3) is 0 Å². The molecule has 0 unspecified atom stereocenters. The van der Waals surface area contributed by atoms with Gasteiger partial charge in [-0.3, -0.25) is 0 Å².